The van der Waals surface area contributed by atoms with Crippen LogP contribution in [-0.2, 0) is 23.9 Å². The average molecular weight is 475 g/mol. The van der Waals surface area contributed by atoms with Crippen molar-refractivity contribution in [2.45, 2.75) is 46.1 Å². The van der Waals surface area contributed by atoms with Gasteiger partial charge in [-0.1, -0.05) is 17.7 Å². The maximum absolute atomic E-state index is 12.1. The zero-order chi connectivity index (χ0) is 24.4. The summed E-state index contributed by atoms with van der Waals surface area (Å²) in [7, 11) is 0. The molecule has 0 bridgehead atoms. The molecule has 0 saturated heterocycles. The molecule has 0 aliphatic heterocycles. The summed E-state index contributed by atoms with van der Waals surface area (Å²) in [6.45, 7) is 4.92. The highest BCUT2D eigenvalue weighted by Crippen LogP contribution is 2.20. The Morgan fingerprint density at radius 1 is 0.939 bits per heavy atom. The molecule has 0 aliphatic rings. The second-order valence-electron chi connectivity index (χ2n) is 7.60. The summed E-state index contributed by atoms with van der Waals surface area (Å²) in [6.07, 6.45) is 0.139. The monoisotopic (exact) mass is 474 g/mol. The summed E-state index contributed by atoms with van der Waals surface area (Å²) in [5, 5.41) is 5.81. The number of rotatable bonds is 10. The first-order valence-electron chi connectivity index (χ1n) is 10.5. The van der Waals surface area contributed by atoms with Crippen LogP contribution in [-0.4, -0.2) is 36.5 Å². The predicted molar refractivity (Wildman–Crippen MR) is 125 cm³/mol. The molecule has 2 rings (SSSR count). The number of hydrogen-bond acceptors (Lipinski definition) is 6. The lowest BCUT2D eigenvalue weighted by atomic mass is 10.2. The van der Waals surface area contributed by atoms with Crippen molar-refractivity contribution in [1.82, 2.24) is 0 Å². The summed E-state index contributed by atoms with van der Waals surface area (Å²) < 4.78 is 10.1. The van der Waals surface area contributed by atoms with E-state index in [9.17, 15) is 19.2 Å². The third-order valence-corrected chi connectivity index (χ3v) is 4.60. The van der Waals surface area contributed by atoms with E-state index in [1.807, 2.05) is 6.92 Å². The van der Waals surface area contributed by atoms with E-state index in [2.05, 4.69) is 10.6 Å². The maximum atomic E-state index is 12.1. The van der Waals surface area contributed by atoms with Crippen LogP contribution < -0.4 is 10.6 Å². The molecular formula is C24H27ClN2O6. The Kier molecular flexibility index (Phi) is 9.87. The number of hydrogen-bond donors (Lipinski definition) is 2. The van der Waals surface area contributed by atoms with Gasteiger partial charge in [0.05, 0.1) is 11.7 Å². The van der Waals surface area contributed by atoms with Crippen molar-refractivity contribution in [3.63, 3.8) is 0 Å². The molecular weight excluding hydrogens is 448 g/mol. The topological polar surface area (TPSA) is 111 Å². The molecule has 2 N–H and O–H groups in total. The van der Waals surface area contributed by atoms with Crippen LogP contribution in [0.25, 0.3) is 0 Å². The van der Waals surface area contributed by atoms with E-state index < -0.39 is 24.5 Å². The smallest absolute Gasteiger partial charge is 0.338 e. The highest BCUT2D eigenvalue weighted by atomic mass is 35.5. The molecule has 8 nitrogen and oxygen atoms in total. The first-order valence-corrected chi connectivity index (χ1v) is 10.8. The lowest BCUT2D eigenvalue weighted by Gasteiger charge is -2.10. The van der Waals surface area contributed by atoms with Gasteiger partial charge in [-0.05, 0) is 69.2 Å². The normalized spacial score (nSPS) is 10.5. The lowest BCUT2D eigenvalue weighted by molar-refractivity contribution is -0.147. The summed E-state index contributed by atoms with van der Waals surface area (Å²) in [6, 6.07) is 11.4. The quantitative estimate of drug-likeness (QED) is 0.490. The molecule has 2 aromatic rings. The summed E-state index contributed by atoms with van der Waals surface area (Å²) in [4.78, 5) is 47.7. The minimum atomic E-state index is -0.575. The SMILES string of the molecule is Cc1ccc(Cl)cc1NC(=O)COC(=O)CCCC(=O)Nc1ccc(C(=O)OC(C)C)cc1. The van der Waals surface area contributed by atoms with Crippen molar-refractivity contribution in [1.29, 1.82) is 0 Å². The van der Waals surface area contributed by atoms with Crippen LogP contribution in [0.3, 0.4) is 0 Å². The molecule has 176 valence electrons. The van der Waals surface area contributed by atoms with Gasteiger partial charge in [-0.15, -0.1) is 0 Å². The zero-order valence-corrected chi connectivity index (χ0v) is 19.5. The number of benzene rings is 2. The number of carbonyl (C=O) groups excluding carboxylic acids is 4. The van der Waals surface area contributed by atoms with Crippen molar-refractivity contribution in [2.24, 2.45) is 0 Å². The summed E-state index contributed by atoms with van der Waals surface area (Å²) >= 11 is 5.91. The molecule has 9 heteroatoms. The molecule has 33 heavy (non-hydrogen) atoms. The maximum Gasteiger partial charge on any atom is 0.338 e. The van der Waals surface area contributed by atoms with Crippen LogP contribution in [0.2, 0.25) is 5.02 Å². The van der Waals surface area contributed by atoms with Gasteiger partial charge < -0.3 is 20.1 Å². The highest BCUT2D eigenvalue weighted by Gasteiger charge is 2.12. The third-order valence-electron chi connectivity index (χ3n) is 4.37. The Morgan fingerprint density at radius 2 is 1.64 bits per heavy atom. The van der Waals surface area contributed by atoms with Crippen molar-refractivity contribution in [3.05, 3.63) is 58.6 Å². The minimum Gasteiger partial charge on any atom is -0.459 e. The molecule has 0 aromatic heterocycles. The Balaban J connectivity index is 1.67. The second-order valence-corrected chi connectivity index (χ2v) is 8.04. The van der Waals surface area contributed by atoms with Crippen molar-refractivity contribution in [2.75, 3.05) is 17.2 Å². The van der Waals surface area contributed by atoms with Gasteiger partial charge in [-0.25, -0.2) is 4.79 Å². The molecule has 0 saturated carbocycles. The Labute approximate surface area is 197 Å². The van der Waals surface area contributed by atoms with Crippen LogP contribution >= 0.6 is 11.6 Å². The Hall–Kier alpha value is -3.39. The molecule has 0 spiro atoms. The van der Waals surface area contributed by atoms with Gasteiger partial charge in [0.2, 0.25) is 5.91 Å². The van der Waals surface area contributed by atoms with Gasteiger partial charge in [0.1, 0.15) is 0 Å². The van der Waals surface area contributed by atoms with E-state index in [1.54, 1.807) is 56.3 Å². The van der Waals surface area contributed by atoms with Crippen LogP contribution in [0, 0.1) is 6.92 Å². The van der Waals surface area contributed by atoms with E-state index in [1.165, 1.54) is 0 Å². The third kappa shape index (κ3) is 9.33. The average Bonchev–Trinajstić information content (AvgIpc) is 2.75. The number of ether oxygens (including phenoxy) is 2. The van der Waals surface area contributed by atoms with E-state index in [0.29, 0.717) is 22.0 Å². The molecule has 0 unspecified atom stereocenters. The summed E-state index contributed by atoms with van der Waals surface area (Å²) in [5.41, 5.74) is 2.29. The lowest BCUT2D eigenvalue weighted by Crippen LogP contribution is -2.21. The van der Waals surface area contributed by atoms with Crippen LogP contribution in [0.1, 0.15) is 49.0 Å². The van der Waals surface area contributed by atoms with Gasteiger partial charge in [0, 0.05) is 29.2 Å². The number of halogens is 1. The van der Waals surface area contributed by atoms with Crippen LogP contribution in [0.15, 0.2) is 42.5 Å². The Bertz CT molecular complexity index is 1000. The number of carbonyl (C=O) groups is 4. The standard InChI is InChI=1S/C24H27ClN2O6/c1-15(2)33-24(31)17-8-11-19(12-9-17)26-21(28)5-4-6-23(30)32-14-22(29)27-20-13-18(25)10-7-16(20)3/h7-13,15H,4-6,14H2,1-3H3,(H,26,28)(H,27,29). The molecule has 0 fully saturated rings. The molecule has 2 aromatic carbocycles. The first-order chi connectivity index (χ1) is 15.6. The number of amides is 2. The molecule has 0 radical (unpaired) electrons. The van der Waals surface area contributed by atoms with Gasteiger partial charge in [-0.3, -0.25) is 14.4 Å². The number of esters is 2. The molecule has 0 atom stereocenters. The van der Waals surface area contributed by atoms with E-state index >= 15 is 0 Å². The van der Waals surface area contributed by atoms with Crippen molar-refractivity contribution >= 4 is 46.7 Å². The summed E-state index contributed by atoms with van der Waals surface area (Å²) in [5.74, 6) is -1.77. The Morgan fingerprint density at radius 3 is 2.30 bits per heavy atom. The first kappa shape index (κ1) is 25.9. The predicted octanol–water partition coefficient (Wildman–Crippen LogP) is 4.50. The minimum absolute atomic E-state index is 0.00310. The highest BCUT2D eigenvalue weighted by molar-refractivity contribution is 6.31. The van der Waals surface area contributed by atoms with Gasteiger partial charge in [0.15, 0.2) is 6.61 Å². The van der Waals surface area contributed by atoms with Gasteiger partial charge in [0.25, 0.3) is 5.91 Å². The van der Waals surface area contributed by atoms with Crippen LogP contribution in [0.5, 0.6) is 0 Å². The fourth-order valence-electron chi connectivity index (χ4n) is 2.72. The number of nitrogens with one attached hydrogen (secondary N) is 2. The van der Waals surface area contributed by atoms with Gasteiger partial charge in [-0.2, -0.15) is 0 Å². The van der Waals surface area contributed by atoms with Crippen molar-refractivity contribution in [3.8, 4) is 0 Å². The second kappa shape index (κ2) is 12.6. The molecule has 2 amide bonds. The zero-order valence-electron chi connectivity index (χ0n) is 18.8. The largest absolute Gasteiger partial charge is 0.459 e. The fraction of sp³-hybridized carbons (Fsp3) is 0.333. The number of aryl methyl sites for hydroxylation is 1. The molecule has 0 heterocycles. The van der Waals surface area contributed by atoms with E-state index in [4.69, 9.17) is 21.1 Å². The van der Waals surface area contributed by atoms with Crippen molar-refractivity contribution < 1.29 is 28.7 Å². The fourth-order valence-corrected chi connectivity index (χ4v) is 2.89. The molecule has 0 aliphatic carbocycles. The number of anilines is 2. The van der Waals surface area contributed by atoms with Gasteiger partial charge >= 0.3 is 11.9 Å². The van der Waals surface area contributed by atoms with E-state index in [0.717, 1.165) is 5.56 Å². The van der Waals surface area contributed by atoms with Crippen LogP contribution in [0.4, 0.5) is 11.4 Å². The van der Waals surface area contributed by atoms with E-state index in [-0.39, 0.29) is 31.3 Å².